The van der Waals surface area contributed by atoms with Crippen LogP contribution in [0.4, 0.5) is 0 Å². The van der Waals surface area contributed by atoms with Crippen LogP contribution in [0.2, 0.25) is 0 Å². The van der Waals surface area contributed by atoms with Gasteiger partial charge in [0, 0.05) is 17.7 Å². The number of aromatic hydroxyl groups is 3. The van der Waals surface area contributed by atoms with E-state index in [1.54, 1.807) is 0 Å². The SMILES string of the molecule is O=c1c(O)c(-c2ccc(O)cc2)oc2cc(O[C@H]3O[C@@H](CO)[C@@H](O)[C@H](O)[C@H]3O)cc(O)c12. The first-order chi connectivity index (χ1) is 15.2. The molecular weight excluding hydrogens is 428 g/mol. The summed E-state index contributed by atoms with van der Waals surface area (Å²) in [6.07, 6.45) is -7.67. The predicted molar refractivity (Wildman–Crippen MR) is 107 cm³/mol. The molecule has 32 heavy (non-hydrogen) atoms. The van der Waals surface area contributed by atoms with Gasteiger partial charge in [-0.2, -0.15) is 0 Å². The third kappa shape index (κ3) is 3.72. The Hall–Kier alpha value is -3.35. The highest BCUT2D eigenvalue weighted by molar-refractivity contribution is 5.88. The fraction of sp³-hybridized carbons (Fsp3) is 0.286. The van der Waals surface area contributed by atoms with E-state index in [4.69, 9.17) is 13.9 Å². The smallest absolute Gasteiger partial charge is 0.238 e. The zero-order chi connectivity index (χ0) is 23.2. The number of phenolic OH excluding ortho intramolecular Hbond substituents is 2. The molecule has 2 aromatic carbocycles. The monoisotopic (exact) mass is 448 g/mol. The van der Waals surface area contributed by atoms with Crippen molar-refractivity contribution in [3.63, 3.8) is 0 Å². The standard InChI is InChI=1S/C21H20O11/c22-7-13-15(25)17(27)19(29)21(32-13)30-10-5-11(24)14-12(6-10)31-20(18(28)16(14)26)8-1-3-9(23)4-2-8/h1-6,13,15,17,19,21-25,27-29H,7H2/t13-,15+,17-,19+,21-/m0/s1. The summed E-state index contributed by atoms with van der Waals surface area (Å²) in [5.41, 5.74) is -0.805. The van der Waals surface area contributed by atoms with Crippen molar-refractivity contribution in [2.24, 2.45) is 0 Å². The zero-order valence-corrected chi connectivity index (χ0v) is 16.3. The minimum atomic E-state index is -1.69. The summed E-state index contributed by atoms with van der Waals surface area (Å²) in [5, 5.41) is 68.9. The van der Waals surface area contributed by atoms with Gasteiger partial charge in [0.15, 0.2) is 5.76 Å². The van der Waals surface area contributed by atoms with Crippen molar-refractivity contribution in [2.75, 3.05) is 6.61 Å². The second-order valence-corrected chi connectivity index (χ2v) is 7.29. The normalized spacial score (nSPS) is 25.7. The van der Waals surface area contributed by atoms with E-state index in [2.05, 4.69) is 0 Å². The fourth-order valence-corrected chi connectivity index (χ4v) is 3.44. The van der Waals surface area contributed by atoms with Crippen molar-refractivity contribution in [2.45, 2.75) is 30.7 Å². The van der Waals surface area contributed by atoms with Gasteiger partial charge in [0.05, 0.1) is 6.61 Å². The predicted octanol–water partition coefficient (Wildman–Crippen LogP) is -0.245. The van der Waals surface area contributed by atoms with Gasteiger partial charge < -0.3 is 49.6 Å². The molecule has 0 amide bonds. The lowest BCUT2D eigenvalue weighted by atomic mass is 9.99. The lowest BCUT2D eigenvalue weighted by Crippen LogP contribution is -2.60. The van der Waals surface area contributed by atoms with Gasteiger partial charge >= 0.3 is 0 Å². The van der Waals surface area contributed by atoms with Crippen molar-refractivity contribution in [1.29, 1.82) is 0 Å². The topological polar surface area (TPSA) is 190 Å². The quantitative estimate of drug-likeness (QED) is 0.279. The lowest BCUT2D eigenvalue weighted by molar-refractivity contribution is -0.277. The third-order valence-electron chi connectivity index (χ3n) is 5.15. The van der Waals surface area contributed by atoms with Crippen LogP contribution in [0.1, 0.15) is 0 Å². The van der Waals surface area contributed by atoms with E-state index < -0.39 is 54.2 Å². The van der Waals surface area contributed by atoms with Crippen molar-refractivity contribution < 1.29 is 49.6 Å². The Morgan fingerprint density at radius 2 is 1.62 bits per heavy atom. The molecule has 1 aliphatic rings. The van der Waals surface area contributed by atoms with Crippen LogP contribution in [0.15, 0.2) is 45.6 Å². The maximum atomic E-state index is 12.6. The maximum absolute atomic E-state index is 12.6. The molecule has 0 radical (unpaired) electrons. The summed E-state index contributed by atoms with van der Waals surface area (Å²) in [6.45, 7) is -0.655. The minimum Gasteiger partial charge on any atom is -0.508 e. The van der Waals surface area contributed by atoms with Gasteiger partial charge in [-0.05, 0) is 24.3 Å². The van der Waals surface area contributed by atoms with Gasteiger partial charge in [-0.25, -0.2) is 0 Å². The van der Waals surface area contributed by atoms with Crippen LogP contribution in [-0.4, -0.2) is 73.1 Å². The number of benzene rings is 2. The number of hydrogen-bond donors (Lipinski definition) is 7. The van der Waals surface area contributed by atoms with Gasteiger partial charge in [0.25, 0.3) is 0 Å². The Kier molecular flexibility index (Phi) is 5.67. The Morgan fingerprint density at radius 1 is 0.938 bits per heavy atom. The molecule has 4 rings (SSSR count). The first-order valence-electron chi connectivity index (χ1n) is 9.50. The average molecular weight is 448 g/mol. The molecule has 0 unspecified atom stereocenters. The minimum absolute atomic E-state index is 0.0377. The molecule has 0 spiro atoms. The first-order valence-corrected chi connectivity index (χ1v) is 9.50. The summed E-state index contributed by atoms with van der Waals surface area (Å²) in [5.74, 6) is -1.73. The maximum Gasteiger partial charge on any atom is 0.238 e. The number of hydrogen-bond acceptors (Lipinski definition) is 11. The summed E-state index contributed by atoms with van der Waals surface area (Å²) >= 11 is 0. The molecule has 1 aromatic heterocycles. The van der Waals surface area contributed by atoms with E-state index in [1.807, 2.05) is 0 Å². The molecule has 0 saturated carbocycles. The van der Waals surface area contributed by atoms with Gasteiger partial charge in [0.1, 0.15) is 52.6 Å². The second-order valence-electron chi connectivity index (χ2n) is 7.29. The molecule has 11 nitrogen and oxygen atoms in total. The van der Waals surface area contributed by atoms with Crippen LogP contribution in [0.5, 0.6) is 23.0 Å². The fourth-order valence-electron chi connectivity index (χ4n) is 3.44. The highest BCUT2D eigenvalue weighted by atomic mass is 16.7. The largest absolute Gasteiger partial charge is 0.508 e. The molecule has 1 aliphatic heterocycles. The van der Waals surface area contributed by atoms with Crippen LogP contribution < -0.4 is 10.2 Å². The molecule has 7 N–H and O–H groups in total. The van der Waals surface area contributed by atoms with Crippen molar-refractivity contribution in [1.82, 2.24) is 0 Å². The van der Waals surface area contributed by atoms with E-state index in [1.165, 1.54) is 30.3 Å². The molecule has 1 saturated heterocycles. The average Bonchev–Trinajstić information content (AvgIpc) is 2.77. The Balaban J connectivity index is 1.75. The Bertz CT molecular complexity index is 1190. The molecule has 0 aliphatic carbocycles. The van der Waals surface area contributed by atoms with Crippen LogP contribution in [0.25, 0.3) is 22.3 Å². The van der Waals surface area contributed by atoms with E-state index in [-0.39, 0.29) is 33.8 Å². The third-order valence-corrected chi connectivity index (χ3v) is 5.15. The highest BCUT2D eigenvalue weighted by Crippen LogP contribution is 2.36. The first kappa shape index (κ1) is 21.9. The Morgan fingerprint density at radius 3 is 2.28 bits per heavy atom. The summed E-state index contributed by atoms with van der Waals surface area (Å²) in [4.78, 5) is 12.6. The van der Waals surface area contributed by atoms with Crippen LogP contribution in [0, 0.1) is 0 Å². The number of rotatable bonds is 4. The number of aliphatic hydroxyl groups excluding tert-OH is 4. The van der Waals surface area contributed by atoms with E-state index in [0.29, 0.717) is 0 Å². The van der Waals surface area contributed by atoms with Crippen LogP contribution in [0.3, 0.4) is 0 Å². The van der Waals surface area contributed by atoms with Gasteiger partial charge in [-0.15, -0.1) is 0 Å². The highest BCUT2D eigenvalue weighted by Gasteiger charge is 2.44. The van der Waals surface area contributed by atoms with Gasteiger partial charge in [0.2, 0.25) is 17.5 Å². The van der Waals surface area contributed by atoms with Crippen LogP contribution in [-0.2, 0) is 4.74 Å². The molecule has 0 bridgehead atoms. The van der Waals surface area contributed by atoms with Crippen molar-refractivity contribution in [3.05, 3.63) is 46.6 Å². The Labute approximate surface area is 179 Å². The lowest BCUT2D eigenvalue weighted by Gasteiger charge is -2.39. The number of aliphatic hydroxyl groups is 4. The number of fused-ring (bicyclic) bond motifs is 1. The molecule has 11 heteroatoms. The molecular formula is C21H20O11. The van der Waals surface area contributed by atoms with Crippen molar-refractivity contribution in [3.8, 4) is 34.3 Å². The summed E-state index contributed by atoms with van der Waals surface area (Å²) < 4.78 is 16.3. The van der Waals surface area contributed by atoms with Crippen LogP contribution >= 0.6 is 0 Å². The molecule has 170 valence electrons. The van der Waals surface area contributed by atoms with E-state index in [0.717, 1.165) is 6.07 Å². The summed E-state index contributed by atoms with van der Waals surface area (Å²) in [7, 11) is 0. The van der Waals surface area contributed by atoms with Gasteiger partial charge in [-0.1, -0.05) is 0 Å². The molecule has 3 aromatic rings. The second kappa shape index (κ2) is 8.30. The molecule has 1 fully saturated rings. The number of ether oxygens (including phenoxy) is 2. The number of phenols is 2. The van der Waals surface area contributed by atoms with Gasteiger partial charge in [-0.3, -0.25) is 4.79 Å². The summed E-state index contributed by atoms with van der Waals surface area (Å²) in [6, 6.07) is 7.69. The van der Waals surface area contributed by atoms with Crippen molar-refractivity contribution >= 4 is 11.0 Å². The zero-order valence-electron chi connectivity index (χ0n) is 16.3. The van der Waals surface area contributed by atoms with E-state index in [9.17, 15) is 40.5 Å². The molecule has 5 atom stereocenters. The van der Waals surface area contributed by atoms with E-state index >= 15 is 0 Å². The molecule has 2 heterocycles.